The van der Waals surface area contributed by atoms with Gasteiger partial charge in [0.05, 0.1) is 11.4 Å². The number of carbonyl (C=O) groups excluding carboxylic acids is 2. The minimum Gasteiger partial charge on any atom is -0.336 e. The number of halogens is 1. The number of thiophene rings is 1. The Labute approximate surface area is 138 Å². The Hall–Kier alpha value is -2.05. The highest BCUT2D eigenvalue weighted by atomic mass is 32.1. The lowest BCUT2D eigenvalue weighted by molar-refractivity contribution is 0.0624. The second-order valence-electron chi connectivity index (χ2n) is 5.48. The van der Waals surface area contributed by atoms with Crippen LogP contribution in [0.5, 0.6) is 0 Å². The number of carbonyl (C=O) groups is 2. The fourth-order valence-electron chi connectivity index (χ4n) is 2.63. The van der Waals surface area contributed by atoms with Crippen molar-refractivity contribution in [1.82, 2.24) is 9.80 Å². The molecule has 1 fully saturated rings. The zero-order valence-corrected chi connectivity index (χ0v) is 13.4. The van der Waals surface area contributed by atoms with Gasteiger partial charge >= 0.3 is 0 Å². The smallest absolute Gasteiger partial charge is 0.254 e. The van der Waals surface area contributed by atoms with Crippen molar-refractivity contribution < 1.29 is 14.0 Å². The maximum atomic E-state index is 13.2. The molecular formula is C17H17FN2O2S. The Bertz CT molecular complexity index is 694. The summed E-state index contributed by atoms with van der Waals surface area (Å²) in [5.41, 5.74) is 0.369. The highest BCUT2D eigenvalue weighted by Gasteiger charge is 2.23. The van der Waals surface area contributed by atoms with Gasteiger partial charge in [0.15, 0.2) is 5.78 Å². The second-order valence-corrected chi connectivity index (χ2v) is 6.43. The molecule has 0 bridgehead atoms. The van der Waals surface area contributed by atoms with Crippen LogP contribution >= 0.6 is 11.3 Å². The van der Waals surface area contributed by atoms with E-state index in [4.69, 9.17) is 0 Å². The van der Waals surface area contributed by atoms with Gasteiger partial charge < -0.3 is 4.90 Å². The highest BCUT2D eigenvalue weighted by Crippen LogP contribution is 2.13. The number of piperazine rings is 1. The van der Waals surface area contributed by atoms with E-state index >= 15 is 0 Å². The summed E-state index contributed by atoms with van der Waals surface area (Å²) in [6.45, 7) is 2.78. The number of hydrogen-bond donors (Lipinski definition) is 0. The summed E-state index contributed by atoms with van der Waals surface area (Å²) < 4.78 is 13.2. The third kappa shape index (κ3) is 3.83. The van der Waals surface area contributed by atoms with Crippen LogP contribution in [0, 0.1) is 5.82 Å². The molecule has 23 heavy (non-hydrogen) atoms. The molecule has 120 valence electrons. The lowest BCUT2D eigenvalue weighted by atomic mass is 10.1. The average molecular weight is 332 g/mol. The predicted octanol–water partition coefficient (Wildman–Crippen LogP) is 2.53. The molecule has 1 aromatic carbocycles. The van der Waals surface area contributed by atoms with Gasteiger partial charge in [0.1, 0.15) is 5.82 Å². The molecule has 0 atom stereocenters. The minimum absolute atomic E-state index is 0.116. The number of rotatable bonds is 4. The van der Waals surface area contributed by atoms with E-state index in [0.717, 1.165) is 4.88 Å². The number of benzene rings is 1. The van der Waals surface area contributed by atoms with E-state index in [1.165, 1.54) is 23.5 Å². The summed E-state index contributed by atoms with van der Waals surface area (Å²) in [6.07, 6.45) is 0. The van der Waals surface area contributed by atoms with Crippen LogP contribution < -0.4 is 0 Å². The topological polar surface area (TPSA) is 40.6 Å². The van der Waals surface area contributed by atoms with E-state index in [-0.39, 0.29) is 11.7 Å². The summed E-state index contributed by atoms with van der Waals surface area (Å²) in [5, 5.41) is 1.89. The van der Waals surface area contributed by atoms with Gasteiger partial charge in [-0.3, -0.25) is 14.5 Å². The van der Waals surface area contributed by atoms with Crippen LogP contribution in [-0.2, 0) is 0 Å². The molecule has 4 nitrogen and oxygen atoms in total. The molecule has 2 heterocycles. The minimum atomic E-state index is -0.406. The van der Waals surface area contributed by atoms with Crippen LogP contribution in [-0.4, -0.2) is 54.2 Å². The van der Waals surface area contributed by atoms with E-state index in [1.54, 1.807) is 17.0 Å². The van der Waals surface area contributed by atoms with Gasteiger partial charge in [-0.05, 0) is 29.6 Å². The molecule has 1 aliphatic heterocycles. The first-order valence-electron chi connectivity index (χ1n) is 7.47. The molecule has 0 radical (unpaired) electrons. The standard InChI is InChI=1S/C17H17FN2O2S/c18-14-4-1-3-13(11-14)17(22)20-8-6-19(7-9-20)12-15(21)16-5-2-10-23-16/h1-5,10-11H,6-9,12H2. The molecule has 1 aliphatic rings. The number of ketones is 1. The Balaban J connectivity index is 1.54. The molecule has 0 saturated carbocycles. The molecule has 3 rings (SSSR count). The van der Waals surface area contributed by atoms with Crippen molar-refractivity contribution in [3.8, 4) is 0 Å². The van der Waals surface area contributed by atoms with Crippen molar-refractivity contribution in [2.75, 3.05) is 32.7 Å². The lowest BCUT2D eigenvalue weighted by Gasteiger charge is -2.34. The predicted molar refractivity (Wildman–Crippen MR) is 87.4 cm³/mol. The van der Waals surface area contributed by atoms with Gasteiger partial charge in [-0.1, -0.05) is 12.1 Å². The zero-order valence-electron chi connectivity index (χ0n) is 12.6. The van der Waals surface area contributed by atoms with Crippen LogP contribution in [0.4, 0.5) is 4.39 Å². The van der Waals surface area contributed by atoms with Crippen molar-refractivity contribution >= 4 is 23.0 Å². The van der Waals surface area contributed by atoms with E-state index in [0.29, 0.717) is 38.3 Å². The van der Waals surface area contributed by atoms with Crippen LogP contribution in [0.1, 0.15) is 20.0 Å². The monoisotopic (exact) mass is 332 g/mol. The maximum Gasteiger partial charge on any atom is 0.254 e. The summed E-state index contributed by atoms with van der Waals surface area (Å²) >= 11 is 1.45. The third-order valence-corrected chi connectivity index (χ3v) is 4.81. The fraction of sp³-hybridized carbons (Fsp3) is 0.294. The van der Waals surface area contributed by atoms with Crippen LogP contribution in [0.15, 0.2) is 41.8 Å². The van der Waals surface area contributed by atoms with Gasteiger partial charge in [-0.25, -0.2) is 4.39 Å². The van der Waals surface area contributed by atoms with E-state index in [1.807, 2.05) is 17.5 Å². The summed E-state index contributed by atoms with van der Waals surface area (Å²) in [4.78, 5) is 29.0. The molecule has 0 unspecified atom stereocenters. The largest absolute Gasteiger partial charge is 0.336 e. The van der Waals surface area contributed by atoms with Gasteiger partial charge in [0, 0.05) is 31.7 Å². The van der Waals surface area contributed by atoms with Crippen LogP contribution in [0.3, 0.4) is 0 Å². The zero-order chi connectivity index (χ0) is 16.2. The Kier molecular flexibility index (Phi) is 4.83. The first kappa shape index (κ1) is 15.8. The average Bonchev–Trinajstić information content (AvgIpc) is 3.09. The van der Waals surface area contributed by atoms with Crippen molar-refractivity contribution in [2.45, 2.75) is 0 Å². The van der Waals surface area contributed by atoms with E-state index in [9.17, 15) is 14.0 Å². The van der Waals surface area contributed by atoms with Crippen LogP contribution in [0.2, 0.25) is 0 Å². The normalized spacial score (nSPS) is 15.6. The number of amides is 1. The molecule has 0 aliphatic carbocycles. The fourth-order valence-corrected chi connectivity index (χ4v) is 3.29. The summed E-state index contributed by atoms with van der Waals surface area (Å²) in [5.74, 6) is -0.449. The second kappa shape index (κ2) is 7.02. The Morgan fingerprint density at radius 1 is 1.09 bits per heavy atom. The SMILES string of the molecule is O=C(CN1CCN(C(=O)c2cccc(F)c2)CC1)c1cccs1. The number of hydrogen-bond acceptors (Lipinski definition) is 4. The highest BCUT2D eigenvalue weighted by molar-refractivity contribution is 7.12. The first-order chi connectivity index (χ1) is 11.1. The van der Waals surface area contributed by atoms with Gasteiger partial charge in [-0.15, -0.1) is 11.3 Å². The van der Waals surface area contributed by atoms with Crippen molar-refractivity contribution in [1.29, 1.82) is 0 Å². The molecule has 2 aromatic rings. The molecular weight excluding hydrogens is 315 g/mol. The first-order valence-corrected chi connectivity index (χ1v) is 8.35. The molecule has 6 heteroatoms. The Morgan fingerprint density at radius 3 is 2.52 bits per heavy atom. The Morgan fingerprint density at radius 2 is 1.87 bits per heavy atom. The summed E-state index contributed by atoms with van der Waals surface area (Å²) in [7, 11) is 0. The molecule has 0 spiro atoms. The molecule has 1 amide bonds. The van der Waals surface area contributed by atoms with Crippen molar-refractivity contribution in [3.63, 3.8) is 0 Å². The van der Waals surface area contributed by atoms with Gasteiger partial charge in [0.25, 0.3) is 5.91 Å². The van der Waals surface area contributed by atoms with Crippen LogP contribution in [0.25, 0.3) is 0 Å². The summed E-state index contributed by atoms with van der Waals surface area (Å²) in [6, 6.07) is 9.45. The number of nitrogens with zero attached hydrogens (tertiary/aromatic N) is 2. The molecule has 0 N–H and O–H groups in total. The molecule has 1 saturated heterocycles. The van der Waals surface area contributed by atoms with E-state index < -0.39 is 5.82 Å². The molecule has 1 aromatic heterocycles. The van der Waals surface area contributed by atoms with Gasteiger partial charge in [0.2, 0.25) is 0 Å². The lowest BCUT2D eigenvalue weighted by Crippen LogP contribution is -2.49. The third-order valence-electron chi connectivity index (χ3n) is 3.89. The maximum absolute atomic E-state index is 13.2. The van der Waals surface area contributed by atoms with Crippen molar-refractivity contribution in [3.05, 3.63) is 58.0 Å². The van der Waals surface area contributed by atoms with E-state index in [2.05, 4.69) is 4.90 Å². The van der Waals surface area contributed by atoms with Crippen molar-refractivity contribution in [2.24, 2.45) is 0 Å². The quantitative estimate of drug-likeness (QED) is 0.808. The number of Topliss-reactive ketones (excluding diaryl/α,β-unsaturated/α-hetero) is 1. The van der Waals surface area contributed by atoms with Gasteiger partial charge in [-0.2, -0.15) is 0 Å².